The van der Waals surface area contributed by atoms with E-state index in [4.69, 9.17) is 0 Å². The van der Waals surface area contributed by atoms with E-state index in [-0.39, 0.29) is 11.6 Å². The number of hydrogen-bond donors (Lipinski definition) is 1. The van der Waals surface area contributed by atoms with Crippen LogP contribution in [0.1, 0.15) is 10.4 Å². The van der Waals surface area contributed by atoms with Crippen LogP contribution in [0.5, 0.6) is 0 Å². The Balaban J connectivity index is 2.63. The molecular weight excluding hydrogens is 244 g/mol. The van der Waals surface area contributed by atoms with Gasteiger partial charge in [-0.25, -0.2) is 0 Å². The first-order valence-electron chi connectivity index (χ1n) is 5.69. The first kappa shape index (κ1) is 12.8. The van der Waals surface area contributed by atoms with Gasteiger partial charge in [0.1, 0.15) is 0 Å². The molecule has 1 amide bonds. The van der Waals surface area contributed by atoms with Crippen LogP contribution in [0.3, 0.4) is 0 Å². The van der Waals surface area contributed by atoms with Crippen LogP contribution in [0.25, 0.3) is 11.1 Å². The summed E-state index contributed by atoms with van der Waals surface area (Å²) in [4.78, 5) is 22.2. The van der Waals surface area contributed by atoms with Gasteiger partial charge >= 0.3 is 0 Å². The molecule has 5 heteroatoms. The third-order valence-corrected chi connectivity index (χ3v) is 2.77. The number of benzene rings is 2. The third-order valence-electron chi connectivity index (χ3n) is 2.77. The Hall–Kier alpha value is -2.69. The van der Waals surface area contributed by atoms with E-state index in [0.717, 1.165) is 5.56 Å². The van der Waals surface area contributed by atoms with Gasteiger partial charge in [-0.2, -0.15) is 0 Å². The minimum Gasteiger partial charge on any atom is -0.355 e. The molecule has 0 fully saturated rings. The lowest BCUT2D eigenvalue weighted by Crippen LogP contribution is -2.18. The fourth-order valence-electron chi connectivity index (χ4n) is 1.84. The molecule has 0 radical (unpaired) electrons. The van der Waals surface area contributed by atoms with E-state index in [1.807, 2.05) is 30.3 Å². The summed E-state index contributed by atoms with van der Waals surface area (Å²) < 4.78 is 0. The molecule has 2 aromatic carbocycles. The molecule has 0 unspecified atom stereocenters. The van der Waals surface area contributed by atoms with Crippen molar-refractivity contribution in [1.82, 2.24) is 5.32 Å². The van der Waals surface area contributed by atoms with E-state index in [1.54, 1.807) is 0 Å². The fraction of sp³-hybridized carbons (Fsp3) is 0.0714. The summed E-state index contributed by atoms with van der Waals surface area (Å²) >= 11 is 0. The summed E-state index contributed by atoms with van der Waals surface area (Å²) in [7, 11) is 1.53. The summed E-state index contributed by atoms with van der Waals surface area (Å²) in [6, 6.07) is 13.3. The predicted octanol–water partition coefficient (Wildman–Crippen LogP) is 2.62. The second-order valence-electron chi connectivity index (χ2n) is 3.93. The van der Waals surface area contributed by atoms with Crippen LogP contribution in [0.2, 0.25) is 0 Å². The van der Waals surface area contributed by atoms with Crippen molar-refractivity contribution in [1.29, 1.82) is 0 Å². The molecule has 1 N–H and O–H groups in total. The molecule has 0 aliphatic rings. The molecular formula is C14H12N2O3. The van der Waals surface area contributed by atoms with Crippen LogP contribution in [-0.2, 0) is 0 Å². The standard InChI is InChI=1S/C14H12N2O3/c1-15-14(17)12-8-7-11(16(18)19)9-13(12)10-5-3-2-4-6-10/h2-9H,1H3,(H,15,17). The van der Waals surface area contributed by atoms with Gasteiger partial charge in [-0.05, 0) is 11.6 Å². The summed E-state index contributed by atoms with van der Waals surface area (Å²) in [5.41, 5.74) is 1.70. The van der Waals surface area contributed by atoms with Crippen molar-refractivity contribution < 1.29 is 9.72 Å². The normalized spacial score (nSPS) is 9.95. The lowest BCUT2D eigenvalue weighted by molar-refractivity contribution is -0.384. The number of carbonyl (C=O) groups excluding carboxylic acids is 1. The number of nitro benzene ring substituents is 1. The quantitative estimate of drug-likeness (QED) is 0.677. The lowest BCUT2D eigenvalue weighted by atomic mass is 9.98. The van der Waals surface area contributed by atoms with Crippen molar-refractivity contribution in [2.24, 2.45) is 0 Å². The minimum atomic E-state index is -0.472. The van der Waals surface area contributed by atoms with Gasteiger partial charge < -0.3 is 5.32 Å². The maximum absolute atomic E-state index is 11.8. The van der Waals surface area contributed by atoms with E-state index in [0.29, 0.717) is 11.1 Å². The van der Waals surface area contributed by atoms with Crippen LogP contribution in [0.4, 0.5) is 5.69 Å². The predicted molar refractivity (Wildman–Crippen MR) is 71.9 cm³/mol. The molecule has 0 saturated carbocycles. The summed E-state index contributed by atoms with van der Waals surface area (Å²) in [5, 5.41) is 13.4. The van der Waals surface area contributed by atoms with E-state index in [9.17, 15) is 14.9 Å². The molecule has 0 aliphatic heterocycles. The van der Waals surface area contributed by atoms with Crippen molar-refractivity contribution >= 4 is 11.6 Å². The molecule has 0 atom stereocenters. The Morgan fingerprint density at radius 2 is 1.84 bits per heavy atom. The number of amides is 1. The monoisotopic (exact) mass is 256 g/mol. The van der Waals surface area contributed by atoms with Crippen molar-refractivity contribution in [2.75, 3.05) is 7.05 Å². The molecule has 0 bridgehead atoms. The Labute approximate surface area is 110 Å². The number of nitro groups is 1. The van der Waals surface area contributed by atoms with Crippen LogP contribution >= 0.6 is 0 Å². The second-order valence-corrected chi connectivity index (χ2v) is 3.93. The zero-order chi connectivity index (χ0) is 13.8. The maximum atomic E-state index is 11.8. The van der Waals surface area contributed by atoms with Crippen molar-refractivity contribution in [3.63, 3.8) is 0 Å². The Morgan fingerprint density at radius 3 is 2.42 bits per heavy atom. The molecule has 5 nitrogen and oxygen atoms in total. The first-order chi connectivity index (χ1) is 9.13. The number of carbonyl (C=O) groups is 1. The van der Waals surface area contributed by atoms with Crippen molar-refractivity contribution in [2.45, 2.75) is 0 Å². The molecule has 0 spiro atoms. The van der Waals surface area contributed by atoms with Gasteiger partial charge in [0, 0.05) is 30.3 Å². The highest BCUT2D eigenvalue weighted by Crippen LogP contribution is 2.27. The zero-order valence-electron chi connectivity index (χ0n) is 10.3. The Kier molecular flexibility index (Phi) is 3.56. The number of rotatable bonds is 3. The Morgan fingerprint density at radius 1 is 1.16 bits per heavy atom. The lowest BCUT2D eigenvalue weighted by Gasteiger charge is -2.08. The highest BCUT2D eigenvalue weighted by atomic mass is 16.6. The molecule has 19 heavy (non-hydrogen) atoms. The number of nitrogens with one attached hydrogen (secondary N) is 1. The molecule has 96 valence electrons. The van der Waals surface area contributed by atoms with Crippen LogP contribution in [0.15, 0.2) is 48.5 Å². The number of hydrogen-bond acceptors (Lipinski definition) is 3. The van der Waals surface area contributed by atoms with Crippen molar-refractivity contribution in [3.8, 4) is 11.1 Å². The second kappa shape index (κ2) is 5.30. The average molecular weight is 256 g/mol. The minimum absolute atomic E-state index is 0.0356. The van der Waals surface area contributed by atoms with E-state index in [1.165, 1.54) is 25.2 Å². The molecule has 0 saturated heterocycles. The van der Waals surface area contributed by atoms with E-state index < -0.39 is 4.92 Å². The molecule has 0 aromatic heterocycles. The summed E-state index contributed by atoms with van der Waals surface area (Å²) in [6.45, 7) is 0. The van der Waals surface area contributed by atoms with Gasteiger partial charge in [0.05, 0.1) is 4.92 Å². The van der Waals surface area contributed by atoms with E-state index in [2.05, 4.69) is 5.32 Å². The zero-order valence-corrected chi connectivity index (χ0v) is 10.3. The third kappa shape index (κ3) is 2.60. The largest absolute Gasteiger partial charge is 0.355 e. The van der Waals surface area contributed by atoms with Crippen LogP contribution in [-0.4, -0.2) is 17.9 Å². The Bertz CT molecular complexity index is 624. The molecule has 0 aliphatic carbocycles. The van der Waals surface area contributed by atoms with Crippen molar-refractivity contribution in [3.05, 3.63) is 64.2 Å². The molecule has 2 rings (SSSR count). The number of nitrogens with zero attached hydrogens (tertiary/aromatic N) is 1. The van der Waals surface area contributed by atoms with E-state index >= 15 is 0 Å². The van der Waals surface area contributed by atoms with Gasteiger partial charge in [0.2, 0.25) is 0 Å². The fourth-order valence-corrected chi connectivity index (χ4v) is 1.84. The summed E-state index contributed by atoms with van der Waals surface area (Å²) in [5.74, 6) is -0.270. The first-order valence-corrected chi connectivity index (χ1v) is 5.69. The molecule has 2 aromatic rings. The highest BCUT2D eigenvalue weighted by molar-refractivity contribution is 6.01. The van der Waals surface area contributed by atoms with Crippen LogP contribution in [0, 0.1) is 10.1 Å². The van der Waals surface area contributed by atoms with Gasteiger partial charge in [0.15, 0.2) is 0 Å². The van der Waals surface area contributed by atoms with Gasteiger partial charge in [-0.15, -0.1) is 0 Å². The molecule has 0 heterocycles. The maximum Gasteiger partial charge on any atom is 0.270 e. The average Bonchev–Trinajstić information content (AvgIpc) is 2.46. The SMILES string of the molecule is CNC(=O)c1ccc([N+](=O)[O-])cc1-c1ccccc1. The highest BCUT2D eigenvalue weighted by Gasteiger charge is 2.16. The topological polar surface area (TPSA) is 72.2 Å². The van der Waals surface area contributed by atoms with Gasteiger partial charge in [-0.1, -0.05) is 30.3 Å². The smallest absolute Gasteiger partial charge is 0.270 e. The van der Waals surface area contributed by atoms with Gasteiger partial charge in [0.25, 0.3) is 11.6 Å². The summed E-state index contributed by atoms with van der Waals surface area (Å²) in [6.07, 6.45) is 0. The van der Waals surface area contributed by atoms with Crippen LogP contribution < -0.4 is 5.32 Å². The number of non-ortho nitro benzene ring substituents is 1. The van der Waals surface area contributed by atoms with Gasteiger partial charge in [-0.3, -0.25) is 14.9 Å².